The second kappa shape index (κ2) is 4.40. The molecule has 0 saturated heterocycles. The lowest BCUT2D eigenvalue weighted by Crippen LogP contribution is -2.11. The molecular weight excluding hydrogens is 226 g/mol. The van der Waals surface area contributed by atoms with Crippen LogP contribution in [-0.2, 0) is 6.42 Å². The highest BCUT2D eigenvalue weighted by Crippen LogP contribution is 2.21. The SMILES string of the molecule is CCc1nc(N)c(C)c(-n2nc(C)c(C)c2C)n1. The summed E-state index contributed by atoms with van der Waals surface area (Å²) < 4.78 is 1.86. The summed E-state index contributed by atoms with van der Waals surface area (Å²) in [6.45, 7) is 10.0. The minimum Gasteiger partial charge on any atom is -0.383 e. The Morgan fingerprint density at radius 1 is 1.06 bits per heavy atom. The highest BCUT2D eigenvalue weighted by molar-refractivity contribution is 5.49. The Morgan fingerprint density at radius 3 is 2.22 bits per heavy atom. The minimum atomic E-state index is 0.530. The van der Waals surface area contributed by atoms with Gasteiger partial charge >= 0.3 is 0 Å². The lowest BCUT2D eigenvalue weighted by Gasteiger charge is -2.10. The second-order valence-corrected chi connectivity index (χ2v) is 4.53. The molecule has 0 unspecified atom stereocenters. The highest BCUT2D eigenvalue weighted by atomic mass is 15.3. The van der Waals surface area contributed by atoms with Crippen molar-refractivity contribution in [2.45, 2.75) is 41.0 Å². The summed E-state index contributed by atoms with van der Waals surface area (Å²) >= 11 is 0. The molecule has 2 aromatic rings. The van der Waals surface area contributed by atoms with Gasteiger partial charge in [-0.1, -0.05) is 6.92 Å². The second-order valence-electron chi connectivity index (χ2n) is 4.53. The van der Waals surface area contributed by atoms with E-state index in [1.54, 1.807) is 0 Å². The van der Waals surface area contributed by atoms with Crippen molar-refractivity contribution in [3.63, 3.8) is 0 Å². The topological polar surface area (TPSA) is 69.6 Å². The molecule has 0 saturated carbocycles. The Hall–Kier alpha value is -1.91. The number of rotatable bonds is 2. The van der Waals surface area contributed by atoms with Crippen LogP contribution < -0.4 is 5.73 Å². The molecule has 2 aromatic heterocycles. The molecule has 2 heterocycles. The fourth-order valence-corrected chi connectivity index (χ4v) is 1.86. The zero-order valence-electron chi connectivity index (χ0n) is 11.6. The summed E-state index contributed by atoms with van der Waals surface area (Å²) in [6, 6.07) is 0. The first kappa shape index (κ1) is 12.5. The quantitative estimate of drug-likeness (QED) is 0.879. The predicted molar refractivity (Wildman–Crippen MR) is 71.9 cm³/mol. The molecule has 0 aliphatic rings. The van der Waals surface area contributed by atoms with E-state index in [-0.39, 0.29) is 0 Å². The Labute approximate surface area is 107 Å². The van der Waals surface area contributed by atoms with Crippen molar-refractivity contribution in [1.82, 2.24) is 19.7 Å². The molecule has 5 heteroatoms. The van der Waals surface area contributed by atoms with E-state index in [9.17, 15) is 0 Å². The van der Waals surface area contributed by atoms with Crippen LogP contribution in [-0.4, -0.2) is 19.7 Å². The first-order valence-electron chi connectivity index (χ1n) is 6.11. The monoisotopic (exact) mass is 245 g/mol. The van der Waals surface area contributed by atoms with Gasteiger partial charge in [-0.2, -0.15) is 5.10 Å². The summed E-state index contributed by atoms with van der Waals surface area (Å²) in [7, 11) is 0. The molecular formula is C13H19N5. The minimum absolute atomic E-state index is 0.530. The third-order valence-corrected chi connectivity index (χ3v) is 3.37. The van der Waals surface area contributed by atoms with E-state index < -0.39 is 0 Å². The van der Waals surface area contributed by atoms with Crippen molar-refractivity contribution < 1.29 is 0 Å². The zero-order valence-corrected chi connectivity index (χ0v) is 11.6. The van der Waals surface area contributed by atoms with Gasteiger partial charge in [-0.25, -0.2) is 14.6 Å². The van der Waals surface area contributed by atoms with Gasteiger partial charge in [-0.05, 0) is 33.3 Å². The fourth-order valence-electron chi connectivity index (χ4n) is 1.86. The van der Waals surface area contributed by atoms with Gasteiger partial charge in [0.2, 0.25) is 0 Å². The van der Waals surface area contributed by atoms with Gasteiger partial charge in [0.15, 0.2) is 5.82 Å². The molecule has 2 rings (SSSR count). The van der Waals surface area contributed by atoms with Gasteiger partial charge in [0.1, 0.15) is 11.6 Å². The van der Waals surface area contributed by atoms with Crippen molar-refractivity contribution >= 4 is 5.82 Å². The van der Waals surface area contributed by atoms with Crippen LogP contribution in [0, 0.1) is 27.7 Å². The van der Waals surface area contributed by atoms with Crippen molar-refractivity contribution in [3.8, 4) is 5.82 Å². The van der Waals surface area contributed by atoms with Crippen molar-refractivity contribution in [3.05, 3.63) is 28.3 Å². The molecule has 0 bridgehead atoms. The average molecular weight is 245 g/mol. The Morgan fingerprint density at radius 2 is 1.72 bits per heavy atom. The average Bonchev–Trinajstić information content (AvgIpc) is 2.60. The lowest BCUT2D eigenvalue weighted by molar-refractivity contribution is 0.776. The van der Waals surface area contributed by atoms with E-state index in [0.29, 0.717) is 5.82 Å². The number of hydrogen-bond donors (Lipinski definition) is 1. The van der Waals surface area contributed by atoms with Crippen molar-refractivity contribution in [2.75, 3.05) is 5.73 Å². The van der Waals surface area contributed by atoms with Crippen molar-refractivity contribution in [2.24, 2.45) is 0 Å². The summed E-state index contributed by atoms with van der Waals surface area (Å²) in [5, 5.41) is 4.53. The first-order valence-corrected chi connectivity index (χ1v) is 6.11. The molecule has 0 aromatic carbocycles. The number of nitrogen functional groups attached to an aromatic ring is 1. The van der Waals surface area contributed by atoms with Crippen LogP contribution in [0.15, 0.2) is 0 Å². The number of hydrogen-bond acceptors (Lipinski definition) is 4. The normalized spacial score (nSPS) is 10.9. The maximum atomic E-state index is 5.94. The van der Waals surface area contributed by atoms with E-state index in [1.165, 1.54) is 5.56 Å². The summed E-state index contributed by atoms with van der Waals surface area (Å²) in [5.41, 5.74) is 10.1. The van der Waals surface area contributed by atoms with Gasteiger partial charge in [0, 0.05) is 17.7 Å². The van der Waals surface area contributed by atoms with Crippen LogP contribution in [0.25, 0.3) is 5.82 Å². The molecule has 0 amide bonds. The standard InChI is InChI=1S/C13H19N5/c1-6-11-15-12(14)8(3)13(16-11)18-10(5)7(2)9(4)17-18/h6H2,1-5H3,(H2,14,15,16). The van der Waals surface area contributed by atoms with Crippen molar-refractivity contribution in [1.29, 1.82) is 0 Å². The summed E-state index contributed by atoms with van der Waals surface area (Å²) in [4.78, 5) is 8.81. The molecule has 0 aliphatic heterocycles. The maximum Gasteiger partial charge on any atom is 0.162 e. The Balaban J connectivity index is 2.70. The van der Waals surface area contributed by atoms with E-state index in [1.807, 2.05) is 32.4 Å². The van der Waals surface area contributed by atoms with E-state index in [2.05, 4.69) is 22.0 Å². The fraction of sp³-hybridized carbons (Fsp3) is 0.462. The largest absolute Gasteiger partial charge is 0.383 e. The molecule has 18 heavy (non-hydrogen) atoms. The Kier molecular flexibility index (Phi) is 3.07. The lowest BCUT2D eigenvalue weighted by atomic mass is 10.2. The van der Waals surface area contributed by atoms with Gasteiger partial charge in [-0.15, -0.1) is 0 Å². The molecule has 0 spiro atoms. The number of aryl methyl sites for hydroxylation is 2. The molecule has 0 aliphatic carbocycles. The summed E-state index contributed by atoms with van der Waals surface area (Å²) in [6.07, 6.45) is 0.760. The molecule has 0 fully saturated rings. The molecule has 5 nitrogen and oxygen atoms in total. The number of aromatic nitrogens is 4. The van der Waals surface area contributed by atoms with E-state index in [0.717, 1.165) is 35.0 Å². The van der Waals surface area contributed by atoms with Crippen LogP contribution in [0.1, 0.15) is 35.3 Å². The van der Waals surface area contributed by atoms with E-state index in [4.69, 9.17) is 5.73 Å². The van der Waals surface area contributed by atoms with Crippen LogP contribution >= 0.6 is 0 Å². The molecule has 96 valence electrons. The van der Waals surface area contributed by atoms with Crippen LogP contribution in [0.4, 0.5) is 5.82 Å². The number of nitrogens with two attached hydrogens (primary N) is 1. The third-order valence-electron chi connectivity index (χ3n) is 3.37. The maximum absolute atomic E-state index is 5.94. The number of nitrogens with zero attached hydrogens (tertiary/aromatic N) is 4. The first-order chi connectivity index (χ1) is 8.45. The van der Waals surface area contributed by atoms with Crippen LogP contribution in [0.3, 0.4) is 0 Å². The van der Waals surface area contributed by atoms with Gasteiger partial charge in [0.25, 0.3) is 0 Å². The van der Waals surface area contributed by atoms with Gasteiger partial charge < -0.3 is 5.73 Å². The van der Waals surface area contributed by atoms with E-state index >= 15 is 0 Å². The van der Waals surface area contributed by atoms with Crippen LogP contribution in [0.2, 0.25) is 0 Å². The molecule has 0 atom stereocenters. The zero-order chi connectivity index (χ0) is 13.4. The molecule has 0 radical (unpaired) electrons. The Bertz CT molecular complexity index is 598. The summed E-state index contributed by atoms with van der Waals surface area (Å²) in [5.74, 6) is 2.06. The molecule has 2 N–H and O–H groups in total. The highest BCUT2D eigenvalue weighted by Gasteiger charge is 2.15. The number of anilines is 1. The smallest absolute Gasteiger partial charge is 0.162 e. The van der Waals surface area contributed by atoms with Crippen LogP contribution in [0.5, 0.6) is 0 Å². The predicted octanol–water partition coefficient (Wildman–Crippen LogP) is 2.04. The third kappa shape index (κ3) is 1.85. The van der Waals surface area contributed by atoms with Gasteiger partial charge in [0.05, 0.1) is 5.69 Å². The van der Waals surface area contributed by atoms with Gasteiger partial charge in [-0.3, -0.25) is 0 Å².